The largest absolute Gasteiger partial charge is 0.478 e. The van der Waals surface area contributed by atoms with Crippen LogP contribution in [-0.2, 0) is 17.6 Å². The molecule has 1 aliphatic rings. The summed E-state index contributed by atoms with van der Waals surface area (Å²) in [7, 11) is 0. The van der Waals surface area contributed by atoms with E-state index in [0.717, 1.165) is 11.1 Å². The SMILES string of the molecule is O=C(O)c1ccc2c(c1)CC(Cc1ccccc1)C(=O)N2. The maximum absolute atomic E-state index is 12.2. The molecule has 106 valence electrons. The molecule has 0 aromatic heterocycles. The van der Waals surface area contributed by atoms with Crippen molar-refractivity contribution in [2.24, 2.45) is 5.92 Å². The summed E-state index contributed by atoms with van der Waals surface area (Å²) in [6.45, 7) is 0. The van der Waals surface area contributed by atoms with Gasteiger partial charge in [0.25, 0.3) is 0 Å². The molecule has 0 bridgehead atoms. The maximum Gasteiger partial charge on any atom is 0.335 e. The molecule has 0 radical (unpaired) electrons. The summed E-state index contributed by atoms with van der Waals surface area (Å²) >= 11 is 0. The van der Waals surface area contributed by atoms with E-state index in [1.807, 2.05) is 30.3 Å². The van der Waals surface area contributed by atoms with Gasteiger partial charge in [-0.3, -0.25) is 4.79 Å². The summed E-state index contributed by atoms with van der Waals surface area (Å²) in [6.07, 6.45) is 1.22. The number of amides is 1. The van der Waals surface area contributed by atoms with E-state index in [4.69, 9.17) is 5.11 Å². The highest BCUT2D eigenvalue weighted by Gasteiger charge is 2.26. The van der Waals surface area contributed by atoms with Crippen molar-refractivity contribution in [1.82, 2.24) is 0 Å². The van der Waals surface area contributed by atoms with Gasteiger partial charge in [0.15, 0.2) is 0 Å². The normalized spacial score (nSPS) is 17.0. The van der Waals surface area contributed by atoms with E-state index in [1.165, 1.54) is 6.07 Å². The number of carboxylic acid groups (broad SMARTS) is 1. The number of carbonyl (C=O) groups is 2. The Hall–Kier alpha value is -2.62. The number of aromatic carboxylic acids is 1. The number of carboxylic acids is 1. The number of nitrogens with one attached hydrogen (secondary N) is 1. The van der Waals surface area contributed by atoms with Gasteiger partial charge in [-0.25, -0.2) is 4.79 Å². The van der Waals surface area contributed by atoms with E-state index >= 15 is 0 Å². The first-order chi connectivity index (χ1) is 10.1. The van der Waals surface area contributed by atoms with E-state index in [-0.39, 0.29) is 17.4 Å². The summed E-state index contributed by atoms with van der Waals surface area (Å²) in [4.78, 5) is 23.2. The molecule has 3 rings (SSSR count). The number of rotatable bonds is 3. The Morgan fingerprint density at radius 3 is 2.67 bits per heavy atom. The molecule has 2 N–H and O–H groups in total. The van der Waals surface area contributed by atoms with Crippen molar-refractivity contribution >= 4 is 17.6 Å². The first-order valence-corrected chi connectivity index (χ1v) is 6.84. The van der Waals surface area contributed by atoms with Crippen molar-refractivity contribution in [3.05, 3.63) is 65.2 Å². The smallest absolute Gasteiger partial charge is 0.335 e. The van der Waals surface area contributed by atoms with Gasteiger partial charge in [0.1, 0.15) is 0 Å². The third-order valence-corrected chi connectivity index (χ3v) is 3.77. The minimum atomic E-state index is -0.950. The lowest BCUT2D eigenvalue weighted by molar-refractivity contribution is -0.120. The predicted molar refractivity (Wildman–Crippen MR) is 79.4 cm³/mol. The van der Waals surface area contributed by atoms with Gasteiger partial charge in [-0.05, 0) is 42.2 Å². The third-order valence-electron chi connectivity index (χ3n) is 3.77. The molecule has 4 nitrogen and oxygen atoms in total. The van der Waals surface area contributed by atoms with Crippen LogP contribution >= 0.6 is 0 Å². The van der Waals surface area contributed by atoms with Gasteiger partial charge in [-0.1, -0.05) is 30.3 Å². The van der Waals surface area contributed by atoms with E-state index in [2.05, 4.69) is 5.32 Å². The van der Waals surface area contributed by atoms with Crippen LogP contribution in [0, 0.1) is 5.92 Å². The molecule has 1 unspecified atom stereocenters. The lowest BCUT2D eigenvalue weighted by atomic mass is 9.87. The number of benzene rings is 2. The zero-order valence-corrected chi connectivity index (χ0v) is 11.4. The Balaban J connectivity index is 1.85. The number of anilines is 1. The van der Waals surface area contributed by atoms with Gasteiger partial charge in [0, 0.05) is 11.6 Å². The molecule has 1 atom stereocenters. The topological polar surface area (TPSA) is 66.4 Å². The fourth-order valence-electron chi connectivity index (χ4n) is 2.67. The molecule has 1 heterocycles. The fraction of sp³-hybridized carbons (Fsp3) is 0.176. The molecule has 0 fully saturated rings. The lowest BCUT2D eigenvalue weighted by Crippen LogP contribution is -2.31. The Morgan fingerprint density at radius 1 is 1.19 bits per heavy atom. The zero-order chi connectivity index (χ0) is 14.8. The average molecular weight is 281 g/mol. The number of hydrogen-bond acceptors (Lipinski definition) is 2. The van der Waals surface area contributed by atoms with Gasteiger partial charge in [0.05, 0.1) is 5.56 Å². The molecule has 0 aliphatic carbocycles. The van der Waals surface area contributed by atoms with Crippen LogP contribution < -0.4 is 5.32 Å². The van der Waals surface area contributed by atoms with Crippen molar-refractivity contribution < 1.29 is 14.7 Å². The second kappa shape index (κ2) is 5.40. The van der Waals surface area contributed by atoms with Gasteiger partial charge in [-0.15, -0.1) is 0 Å². The molecule has 21 heavy (non-hydrogen) atoms. The van der Waals surface area contributed by atoms with Crippen LogP contribution in [0.15, 0.2) is 48.5 Å². The minimum absolute atomic E-state index is 0.00516. The van der Waals surface area contributed by atoms with E-state index in [0.29, 0.717) is 18.5 Å². The lowest BCUT2D eigenvalue weighted by Gasteiger charge is -2.25. The van der Waals surface area contributed by atoms with E-state index in [1.54, 1.807) is 12.1 Å². The fourth-order valence-corrected chi connectivity index (χ4v) is 2.67. The highest BCUT2D eigenvalue weighted by Crippen LogP contribution is 2.28. The standard InChI is InChI=1S/C17H15NO3/c19-16-14(8-11-4-2-1-3-5-11)10-13-9-12(17(20)21)6-7-15(13)18-16/h1-7,9,14H,8,10H2,(H,18,19)(H,20,21). The van der Waals surface area contributed by atoms with Crippen LogP contribution in [0.2, 0.25) is 0 Å². The summed E-state index contributed by atoms with van der Waals surface area (Å²) in [6, 6.07) is 14.7. The molecule has 1 aliphatic heterocycles. The second-order valence-electron chi connectivity index (χ2n) is 5.26. The molecule has 4 heteroatoms. The van der Waals surface area contributed by atoms with Gasteiger partial charge >= 0.3 is 5.97 Å². The van der Waals surface area contributed by atoms with Gasteiger partial charge < -0.3 is 10.4 Å². The summed E-state index contributed by atoms with van der Waals surface area (Å²) in [5, 5.41) is 11.9. The molecular weight excluding hydrogens is 266 g/mol. The monoisotopic (exact) mass is 281 g/mol. The number of hydrogen-bond donors (Lipinski definition) is 2. The molecule has 1 amide bonds. The van der Waals surface area contributed by atoms with Crippen LogP contribution in [-0.4, -0.2) is 17.0 Å². The van der Waals surface area contributed by atoms with E-state index in [9.17, 15) is 9.59 Å². The first-order valence-electron chi connectivity index (χ1n) is 6.84. The maximum atomic E-state index is 12.2. The number of carbonyl (C=O) groups excluding carboxylic acids is 1. The third kappa shape index (κ3) is 2.79. The van der Waals surface area contributed by atoms with Crippen molar-refractivity contribution in [2.45, 2.75) is 12.8 Å². The van der Waals surface area contributed by atoms with Crippen LogP contribution in [0.3, 0.4) is 0 Å². The van der Waals surface area contributed by atoms with Gasteiger partial charge in [0.2, 0.25) is 5.91 Å². The quantitative estimate of drug-likeness (QED) is 0.909. The minimum Gasteiger partial charge on any atom is -0.478 e. The van der Waals surface area contributed by atoms with Crippen molar-refractivity contribution in [2.75, 3.05) is 5.32 Å². The van der Waals surface area contributed by atoms with Crippen LogP contribution in [0.25, 0.3) is 0 Å². The van der Waals surface area contributed by atoms with Crippen LogP contribution in [0.4, 0.5) is 5.69 Å². The first kappa shape index (κ1) is 13.4. The number of fused-ring (bicyclic) bond motifs is 1. The van der Waals surface area contributed by atoms with Crippen LogP contribution in [0.1, 0.15) is 21.5 Å². The highest BCUT2D eigenvalue weighted by molar-refractivity contribution is 5.97. The zero-order valence-electron chi connectivity index (χ0n) is 11.4. The Morgan fingerprint density at radius 2 is 1.95 bits per heavy atom. The molecule has 0 saturated carbocycles. The molecule has 0 spiro atoms. The molecular formula is C17H15NO3. The summed E-state index contributed by atoms with van der Waals surface area (Å²) < 4.78 is 0. The van der Waals surface area contributed by atoms with Gasteiger partial charge in [-0.2, -0.15) is 0 Å². The van der Waals surface area contributed by atoms with Crippen LogP contribution in [0.5, 0.6) is 0 Å². The second-order valence-corrected chi connectivity index (χ2v) is 5.26. The van der Waals surface area contributed by atoms with Crippen molar-refractivity contribution in [1.29, 1.82) is 0 Å². The molecule has 0 saturated heterocycles. The average Bonchev–Trinajstić information content (AvgIpc) is 2.48. The summed E-state index contributed by atoms with van der Waals surface area (Å²) in [5.41, 5.74) is 2.96. The molecule has 2 aromatic carbocycles. The van der Waals surface area contributed by atoms with Crippen molar-refractivity contribution in [3.8, 4) is 0 Å². The molecule has 2 aromatic rings. The highest BCUT2D eigenvalue weighted by atomic mass is 16.4. The predicted octanol–water partition coefficient (Wildman–Crippen LogP) is 2.74. The Kier molecular flexibility index (Phi) is 3.44. The summed E-state index contributed by atoms with van der Waals surface area (Å²) in [5.74, 6) is -1.12. The van der Waals surface area contributed by atoms with Crippen molar-refractivity contribution in [3.63, 3.8) is 0 Å². The Labute approximate surface area is 122 Å². The Bertz CT molecular complexity index is 694. The van der Waals surface area contributed by atoms with E-state index < -0.39 is 5.97 Å².